The molecule has 1 aliphatic heterocycles. The van der Waals surface area contributed by atoms with Crippen molar-refractivity contribution in [1.29, 1.82) is 0 Å². The summed E-state index contributed by atoms with van der Waals surface area (Å²) in [5.41, 5.74) is 0.496. The predicted octanol–water partition coefficient (Wildman–Crippen LogP) is 2.65. The second-order valence-corrected chi connectivity index (χ2v) is 6.35. The van der Waals surface area contributed by atoms with Crippen LogP contribution in [-0.2, 0) is 9.53 Å². The van der Waals surface area contributed by atoms with Gasteiger partial charge in [0.05, 0.1) is 30.3 Å². The molecule has 1 heterocycles. The molecule has 1 N–H and O–H groups in total. The Balaban J connectivity index is 1.64. The van der Waals surface area contributed by atoms with E-state index in [2.05, 4.69) is 5.32 Å². The minimum absolute atomic E-state index is 0.0344. The van der Waals surface area contributed by atoms with E-state index in [1.54, 1.807) is 36.3 Å². The normalized spacial score (nSPS) is 16.9. The molecule has 8 heteroatoms. The fourth-order valence-electron chi connectivity index (χ4n) is 2.77. The van der Waals surface area contributed by atoms with Gasteiger partial charge in [-0.25, -0.2) is 4.39 Å². The van der Waals surface area contributed by atoms with Crippen molar-refractivity contribution in [3.8, 4) is 5.75 Å². The molecule has 1 aliphatic rings. The number of anilines is 1. The molecule has 1 fully saturated rings. The van der Waals surface area contributed by atoms with Gasteiger partial charge >= 0.3 is 0 Å². The molecule has 0 spiro atoms. The Kier molecular flexibility index (Phi) is 5.93. The number of hydrogen-bond acceptors (Lipinski definition) is 4. The van der Waals surface area contributed by atoms with Crippen molar-refractivity contribution in [3.05, 3.63) is 58.9 Å². The highest BCUT2D eigenvalue weighted by Gasteiger charge is 2.28. The minimum Gasteiger partial charge on any atom is -0.497 e. The monoisotopic (exact) mass is 392 g/mol. The quantitative estimate of drug-likeness (QED) is 0.849. The minimum atomic E-state index is -0.695. The van der Waals surface area contributed by atoms with Crippen molar-refractivity contribution in [2.75, 3.05) is 31.7 Å². The van der Waals surface area contributed by atoms with Gasteiger partial charge in [-0.15, -0.1) is 0 Å². The van der Waals surface area contributed by atoms with E-state index in [-0.39, 0.29) is 36.2 Å². The molecule has 2 aromatic carbocycles. The summed E-state index contributed by atoms with van der Waals surface area (Å²) in [6.45, 7) is 0.271. The number of halogens is 2. The molecular formula is C19H18ClFN2O4. The SMILES string of the molecule is COc1ccc(N2CC(CNC(=O)c3c(F)cccc3Cl)OCC2=O)cc1. The lowest BCUT2D eigenvalue weighted by Crippen LogP contribution is -2.50. The lowest BCUT2D eigenvalue weighted by atomic mass is 10.2. The number of ether oxygens (including phenoxy) is 2. The Bertz CT molecular complexity index is 824. The first-order valence-electron chi connectivity index (χ1n) is 8.28. The number of carbonyl (C=O) groups is 2. The van der Waals surface area contributed by atoms with Crippen LogP contribution in [0.2, 0.25) is 5.02 Å². The van der Waals surface area contributed by atoms with Gasteiger partial charge in [-0.05, 0) is 36.4 Å². The predicted molar refractivity (Wildman–Crippen MR) is 98.8 cm³/mol. The topological polar surface area (TPSA) is 67.9 Å². The number of morpholine rings is 1. The average Bonchev–Trinajstić information content (AvgIpc) is 2.67. The summed E-state index contributed by atoms with van der Waals surface area (Å²) in [7, 11) is 1.56. The Morgan fingerprint density at radius 1 is 1.33 bits per heavy atom. The van der Waals surface area contributed by atoms with Gasteiger partial charge in [-0.3, -0.25) is 9.59 Å². The number of hydrogen-bond donors (Lipinski definition) is 1. The lowest BCUT2D eigenvalue weighted by Gasteiger charge is -2.33. The first-order valence-corrected chi connectivity index (χ1v) is 8.65. The van der Waals surface area contributed by atoms with Gasteiger partial charge < -0.3 is 19.7 Å². The molecule has 2 aromatic rings. The van der Waals surface area contributed by atoms with E-state index in [9.17, 15) is 14.0 Å². The maximum atomic E-state index is 13.8. The van der Waals surface area contributed by atoms with Crippen LogP contribution in [0.5, 0.6) is 5.75 Å². The van der Waals surface area contributed by atoms with Gasteiger partial charge in [-0.1, -0.05) is 17.7 Å². The molecule has 27 heavy (non-hydrogen) atoms. The number of amides is 2. The third-order valence-electron chi connectivity index (χ3n) is 4.19. The highest BCUT2D eigenvalue weighted by Crippen LogP contribution is 2.22. The van der Waals surface area contributed by atoms with E-state index in [4.69, 9.17) is 21.1 Å². The van der Waals surface area contributed by atoms with Crippen LogP contribution in [0.4, 0.5) is 10.1 Å². The lowest BCUT2D eigenvalue weighted by molar-refractivity contribution is -0.129. The van der Waals surface area contributed by atoms with Crippen molar-refractivity contribution in [2.24, 2.45) is 0 Å². The summed E-state index contributed by atoms with van der Waals surface area (Å²) in [5, 5.41) is 2.64. The molecule has 0 radical (unpaired) electrons. The molecule has 142 valence electrons. The molecule has 0 aliphatic carbocycles. The standard InChI is InChI=1S/C19H18ClFN2O4/c1-26-13-7-5-12(6-8-13)23-10-14(27-11-17(23)24)9-22-19(25)18-15(20)3-2-4-16(18)21/h2-8,14H,9-11H2,1H3,(H,22,25). The summed E-state index contributed by atoms with van der Waals surface area (Å²) >= 11 is 5.90. The first-order chi connectivity index (χ1) is 13.0. The van der Waals surface area contributed by atoms with Crippen LogP contribution < -0.4 is 15.0 Å². The molecule has 3 rings (SSSR count). The number of benzene rings is 2. The fourth-order valence-corrected chi connectivity index (χ4v) is 3.02. The Morgan fingerprint density at radius 3 is 2.74 bits per heavy atom. The van der Waals surface area contributed by atoms with E-state index in [0.717, 1.165) is 0 Å². The van der Waals surface area contributed by atoms with E-state index in [1.165, 1.54) is 18.2 Å². The molecule has 0 saturated carbocycles. The number of carbonyl (C=O) groups excluding carboxylic acids is 2. The number of methoxy groups -OCH3 is 1. The summed E-state index contributed by atoms with van der Waals surface area (Å²) < 4.78 is 24.4. The third-order valence-corrected chi connectivity index (χ3v) is 4.51. The second-order valence-electron chi connectivity index (χ2n) is 5.94. The summed E-state index contributed by atoms with van der Waals surface area (Å²) in [6, 6.07) is 11.1. The number of nitrogens with one attached hydrogen (secondary N) is 1. The van der Waals surface area contributed by atoms with Crippen molar-refractivity contribution in [2.45, 2.75) is 6.10 Å². The molecule has 2 amide bonds. The van der Waals surface area contributed by atoms with Crippen LogP contribution >= 0.6 is 11.6 Å². The van der Waals surface area contributed by atoms with Gasteiger partial charge in [0.25, 0.3) is 11.8 Å². The Morgan fingerprint density at radius 2 is 2.07 bits per heavy atom. The van der Waals surface area contributed by atoms with Crippen LogP contribution in [-0.4, -0.2) is 44.7 Å². The van der Waals surface area contributed by atoms with Gasteiger partial charge in [0.1, 0.15) is 18.2 Å². The van der Waals surface area contributed by atoms with E-state index in [1.807, 2.05) is 0 Å². The van der Waals surface area contributed by atoms with Crippen LogP contribution in [0, 0.1) is 5.82 Å². The largest absolute Gasteiger partial charge is 0.497 e. The Labute approximate surface area is 160 Å². The van der Waals surface area contributed by atoms with Crippen LogP contribution in [0.1, 0.15) is 10.4 Å². The summed E-state index contributed by atoms with van der Waals surface area (Å²) in [6.07, 6.45) is -0.431. The second kappa shape index (κ2) is 8.37. The maximum Gasteiger partial charge on any atom is 0.255 e. The molecule has 1 atom stereocenters. The van der Waals surface area contributed by atoms with Crippen LogP contribution in [0.15, 0.2) is 42.5 Å². The smallest absolute Gasteiger partial charge is 0.255 e. The van der Waals surface area contributed by atoms with Crippen molar-refractivity contribution in [1.82, 2.24) is 5.32 Å². The Hall–Kier alpha value is -2.64. The van der Waals surface area contributed by atoms with Crippen molar-refractivity contribution < 1.29 is 23.5 Å². The van der Waals surface area contributed by atoms with Crippen LogP contribution in [0.25, 0.3) is 0 Å². The molecular weight excluding hydrogens is 375 g/mol. The highest BCUT2D eigenvalue weighted by atomic mass is 35.5. The molecule has 1 unspecified atom stereocenters. The zero-order chi connectivity index (χ0) is 19.4. The maximum absolute atomic E-state index is 13.8. The first kappa shape index (κ1) is 19.1. The zero-order valence-electron chi connectivity index (χ0n) is 14.6. The average molecular weight is 393 g/mol. The van der Waals surface area contributed by atoms with Gasteiger partial charge in [0, 0.05) is 12.2 Å². The van der Waals surface area contributed by atoms with Crippen LogP contribution in [0.3, 0.4) is 0 Å². The van der Waals surface area contributed by atoms with E-state index < -0.39 is 17.8 Å². The van der Waals surface area contributed by atoms with Gasteiger partial charge in [0.15, 0.2) is 0 Å². The zero-order valence-corrected chi connectivity index (χ0v) is 15.3. The van der Waals surface area contributed by atoms with Gasteiger partial charge in [0.2, 0.25) is 0 Å². The third kappa shape index (κ3) is 4.37. The summed E-state index contributed by atoms with van der Waals surface area (Å²) in [5.74, 6) is -0.820. The molecule has 6 nitrogen and oxygen atoms in total. The summed E-state index contributed by atoms with van der Waals surface area (Å²) in [4.78, 5) is 26.0. The fraction of sp³-hybridized carbons (Fsp3) is 0.263. The number of rotatable bonds is 5. The van der Waals surface area contributed by atoms with Crippen molar-refractivity contribution >= 4 is 29.1 Å². The molecule has 0 bridgehead atoms. The van der Waals surface area contributed by atoms with E-state index >= 15 is 0 Å². The van der Waals surface area contributed by atoms with Crippen molar-refractivity contribution in [3.63, 3.8) is 0 Å². The number of nitrogens with zero attached hydrogens (tertiary/aromatic N) is 1. The van der Waals surface area contributed by atoms with Gasteiger partial charge in [-0.2, -0.15) is 0 Å². The molecule has 1 saturated heterocycles. The molecule has 0 aromatic heterocycles. The highest BCUT2D eigenvalue weighted by molar-refractivity contribution is 6.33. The van der Waals surface area contributed by atoms with E-state index in [0.29, 0.717) is 11.4 Å².